The van der Waals surface area contributed by atoms with Crippen molar-refractivity contribution in [3.63, 3.8) is 0 Å². The molecule has 0 fully saturated rings. The molecule has 0 N–H and O–H groups in total. The van der Waals surface area contributed by atoms with Crippen LogP contribution in [0.15, 0.2) is 194 Å². The van der Waals surface area contributed by atoms with Gasteiger partial charge in [0.15, 0.2) is 0 Å². The van der Waals surface area contributed by atoms with Crippen molar-refractivity contribution in [3.8, 4) is 33.4 Å². The quantitative estimate of drug-likeness (QED) is 0.156. The fourth-order valence-electron chi connectivity index (χ4n) is 9.52. The minimum absolute atomic E-state index is 0.569. The predicted octanol–water partition coefficient (Wildman–Crippen LogP) is 14.6. The van der Waals surface area contributed by atoms with Gasteiger partial charge in [0.1, 0.15) is 0 Å². The predicted molar refractivity (Wildman–Crippen MR) is 238 cm³/mol. The molecule has 8 aromatic carbocycles. The van der Waals surface area contributed by atoms with Gasteiger partial charge in [-0.05, 0) is 144 Å². The van der Waals surface area contributed by atoms with Crippen LogP contribution in [0.25, 0.3) is 60.5 Å². The monoisotopic (exact) mass is 716 g/mol. The van der Waals surface area contributed by atoms with Crippen LogP contribution in [-0.2, 0) is 19.3 Å². The minimum atomic E-state index is 0.569. The number of aryl methyl sites for hydroxylation is 1. The highest BCUT2D eigenvalue weighted by Gasteiger charge is 2.31. The Kier molecular flexibility index (Phi) is 8.68. The highest BCUT2D eigenvalue weighted by atomic mass is 14.3. The van der Waals surface area contributed by atoms with Crippen molar-refractivity contribution < 1.29 is 0 Å². The first-order valence-electron chi connectivity index (χ1n) is 20.1. The number of fused-ring (bicyclic) bond motifs is 6. The van der Waals surface area contributed by atoms with E-state index in [0.29, 0.717) is 5.92 Å². The number of benzene rings is 7. The van der Waals surface area contributed by atoms with Gasteiger partial charge in [0.05, 0.1) is 0 Å². The molecule has 0 bridgehead atoms. The Balaban J connectivity index is 1.07. The molecular weight excluding hydrogens is 673 g/mol. The van der Waals surface area contributed by atoms with Crippen LogP contribution in [0.1, 0.15) is 45.9 Å². The topological polar surface area (TPSA) is 0 Å². The van der Waals surface area contributed by atoms with Crippen molar-refractivity contribution in [1.29, 1.82) is 0 Å². The van der Waals surface area contributed by atoms with E-state index in [0.717, 1.165) is 19.3 Å². The molecule has 2 aliphatic carbocycles. The molecule has 1 unspecified atom stereocenters. The van der Waals surface area contributed by atoms with Crippen molar-refractivity contribution in [2.45, 2.75) is 33.1 Å². The van der Waals surface area contributed by atoms with Crippen LogP contribution in [0.2, 0.25) is 0 Å². The van der Waals surface area contributed by atoms with Crippen molar-refractivity contribution in [3.05, 3.63) is 233 Å². The van der Waals surface area contributed by atoms with Crippen molar-refractivity contribution >= 4 is 27.1 Å². The first kappa shape index (κ1) is 34.0. The zero-order valence-electron chi connectivity index (χ0n) is 32.1. The Hall–Kier alpha value is -6.50. The first-order chi connectivity index (χ1) is 27.6. The lowest BCUT2D eigenvalue weighted by atomic mass is 9.79. The maximum atomic E-state index is 2.47. The van der Waals surface area contributed by atoms with Gasteiger partial charge in [-0.15, -0.1) is 0 Å². The third-order valence-corrected chi connectivity index (χ3v) is 12.2. The number of allylic oxidation sites excluding steroid dienone is 1. The summed E-state index contributed by atoms with van der Waals surface area (Å²) < 4.78 is 0. The normalized spacial score (nSPS) is 14.3. The molecule has 268 valence electrons. The lowest BCUT2D eigenvalue weighted by Crippen LogP contribution is -2.12. The zero-order chi connectivity index (χ0) is 37.6. The van der Waals surface area contributed by atoms with Crippen LogP contribution < -0.4 is 0 Å². The van der Waals surface area contributed by atoms with Gasteiger partial charge in [-0.25, -0.2) is 0 Å². The van der Waals surface area contributed by atoms with Crippen LogP contribution in [0, 0.1) is 12.8 Å². The summed E-state index contributed by atoms with van der Waals surface area (Å²) >= 11 is 0. The number of hydrogen-bond donors (Lipinski definition) is 0. The van der Waals surface area contributed by atoms with Gasteiger partial charge in [0, 0.05) is 0 Å². The molecule has 0 nitrogen and oxygen atoms in total. The fraction of sp³-hybridized carbons (Fsp3) is 0.107. The highest BCUT2D eigenvalue weighted by Crippen LogP contribution is 2.47. The van der Waals surface area contributed by atoms with Crippen LogP contribution >= 0.6 is 0 Å². The number of hydrogen-bond acceptors (Lipinski definition) is 0. The van der Waals surface area contributed by atoms with E-state index < -0.39 is 0 Å². The molecule has 0 radical (unpaired) electrons. The minimum Gasteiger partial charge on any atom is -0.0623 e. The van der Waals surface area contributed by atoms with Crippen LogP contribution in [-0.4, -0.2) is 0 Å². The average molecular weight is 717 g/mol. The van der Waals surface area contributed by atoms with E-state index in [1.807, 2.05) is 0 Å². The Morgan fingerprint density at radius 3 is 1.86 bits per heavy atom. The Labute approximate surface area is 330 Å². The first-order valence-corrected chi connectivity index (χ1v) is 20.1. The molecule has 0 aromatic heterocycles. The SMILES string of the molecule is Cc1ccccccccc1-c1cccc(Cc2c3ccccc3c(-c3cccc(-c4ccc5c(c4)C4=C(C5)C(C)Cc5ccccc54)c3)c3ccccc23)c1. The maximum Gasteiger partial charge on any atom is -0.00132 e. The molecule has 10 rings (SSSR count). The summed E-state index contributed by atoms with van der Waals surface area (Å²) in [6.45, 7) is 4.61. The van der Waals surface area contributed by atoms with Crippen molar-refractivity contribution in [2.75, 3.05) is 0 Å². The number of rotatable bonds is 5. The Bertz CT molecular complexity index is 2860. The average Bonchev–Trinajstić information content (AvgIpc) is 3.63. The molecule has 0 heteroatoms. The van der Waals surface area contributed by atoms with E-state index in [9.17, 15) is 0 Å². The Morgan fingerprint density at radius 1 is 0.446 bits per heavy atom. The van der Waals surface area contributed by atoms with E-state index in [4.69, 9.17) is 0 Å². The lowest BCUT2D eigenvalue weighted by molar-refractivity contribution is 0.656. The molecule has 0 saturated heterocycles. The molecule has 0 spiro atoms. The second-order valence-corrected chi connectivity index (χ2v) is 15.7. The molecule has 8 aromatic rings. The third-order valence-electron chi connectivity index (χ3n) is 12.2. The van der Waals surface area contributed by atoms with Gasteiger partial charge >= 0.3 is 0 Å². The molecule has 2 aliphatic rings. The summed E-state index contributed by atoms with van der Waals surface area (Å²) in [7, 11) is 0. The molecule has 1 atom stereocenters. The maximum absolute atomic E-state index is 2.47. The van der Waals surface area contributed by atoms with Gasteiger partial charge in [0.25, 0.3) is 0 Å². The van der Waals surface area contributed by atoms with Gasteiger partial charge < -0.3 is 0 Å². The van der Waals surface area contributed by atoms with Gasteiger partial charge in [0.2, 0.25) is 0 Å². The zero-order valence-corrected chi connectivity index (χ0v) is 32.1. The largest absolute Gasteiger partial charge is 0.0623 e. The lowest BCUT2D eigenvalue weighted by Gasteiger charge is -2.25. The second-order valence-electron chi connectivity index (χ2n) is 15.7. The summed E-state index contributed by atoms with van der Waals surface area (Å²) in [5, 5.41) is 5.22. The van der Waals surface area contributed by atoms with Crippen LogP contribution in [0.5, 0.6) is 0 Å². The standard InChI is InChI=1S/C56H44/c1-37-17-7-5-3-4-6-8-23-46(37)43-21-15-18-39(32-43)33-54-48-25-11-13-27-50(48)55(51-28-14-12-26-49(51)54)45-22-16-20-40(34-45)41-29-30-44-36-52-38(2)31-42-19-9-10-24-47(42)56(52)53(44)35-41/h3-30,32,34-35,38H,31,33,36H2,1-2H3. The summed E-state index contributed by atoms with van der Waals surface area (Å²) in [5.41, 5.74) is 20.4. The molecular formula is C56H44. The molecule has 0 amide bonds. The van der Waals surface area contributed by atoms with Crippen molar-refractivity contribution in [2.24, 2.45) is 5.92 Å². The van der Waals surface area contributed by atoms with E-state index in [2.05, 4.69) is 202 Å². The van der Waals surface area contributed by atoms with Gasteiger partial charge in [-0.3, -0.25) is 0 Å². The van der Waals surface area contributed by atoms with Crippen LogP contribution in [0.3, 0.4) is 0 Å². The molecule has 0 saturated carbocycles. The highest BCUT2D eigenvalue weighted by molar-refractivity contribution is 6.15. The molecule has 0 aliphatic heterocycles. The van der Waals surface area contributed by atoms with Crippen molar-refractivity contribution in [1.82, 2.24) is 0 Å². The fourth-order valence-corrected chi connectivity index (χ4v) is 9.52. The summed E-state index contributed by atoms with van der Waals surface area (Å²) in [4.78, 5) is 0. The van der Waals surface area contributed by atoms with E-state index in [1.54, 1.807) is 5.57 Å². The van der Waals surface area contributed by atoms with Gasteiger partial charge in [-0.1, -0.05) is 188 Å². The van der Waals surface area contributed by atoms with Crippen LogP contribution in [0.4, 0.5) is 0 Å². The smallest absolute Gasteiger partial charge is 0.00132 e. The molecule has 56 heavy (non-hydrogen) atoms. The Morgan fingerprint density at radius 2 is 1.05 bits per heavy atom. The summed E-state index contributed by atoms with van der Waals surface area (Å²) in [5.74, 6) is 0.569. The second kappa shape index (κ2) is 14.3. The molecule has 0 heterocycles. The van der Waals surface area contributed by atoms with E-state index >= 15 is 0 Å². The summed E-state index contributed by atoms with van der Waals surface area (Å²) in [6, 6.07) is 69.7. The summed E-state index contributed by atoms with van der Waals surface area (Å²) in [6.07, 6.45) is 3.05. The third kappa shape index (κ3) is 6.03. The van der Waals surface area contributed by atoms with E-state index in [-0.39, 0.29) is 0 Å². The van der Waals surface area contributed by atoms with E-state index in [1.165, 1.54) is 99.4 Å². The van der Waals surface area contributed by atoms with Gasteiger partial charge in [-0.2, -0.15) is 0 Å².